The molecule has 8 nitrogen and oxygen atoms in total. The Morgan fingerprint density at radius 1 is 1.05 bits per heavy atom. The Labute approximate surface area is 237 Å². The molecule has 0 unspecified atom stereocenters. The van der Waals surface area contributed by atoms with Crippen molar-refractivity contribution in [3.05, 3.63) is 69.6 Å². The summed E-state index contributed by atoms with van der Waals surface area (Å²) in [6.45, 7) is 7.68. The van der Waals surface area contributed by atoms with E-state index in [1.807, 2.05) is 46.7 Å². The number of ether oxygens (including phenoxy) is 2. The van der Waals surface area contributed by atoms with Gasteiger partial charge in [-0.2, -0.15) is 0 Å². The number of morpholine rings is 1. The molecule has 206 valence electrons. The Balaban J connectivity index is 1.18. The molecule has 0 aliphatic carbocycles. The predicted octanol–water partition coefficient (Wildman–Crippen LogP) is 5.45. The molecule has 0 bridgehead atoms. The number of likely N-dealkylation sites (tertiary alicyclic amines) is 1. The van der Waals surface area contributed by atoms with E-state index in [4.69, 9.17) is 21.1 Å². The number of nitrogens with one attached hydrogen (secondary N) is 1. The number of piperidine rings is 1. The summed E-state index contributed by atoms with van der Waals surface area (Å²) in [5, 5.41) is 6.28. The molecular formula is C29H33ClN4O4S. The number of nitrogens with zero attached hydrogens (tertiary/aromatic N) is 3. The molecule has 0 spiro atoms. The second-order valence-electron chi connectivity index (χ2n) is 10.3. The summed E-state index contributed by atoms with van der Waals surface area (Å²) < 4.78 is 11.5. The molecule has 0 saturated carbocycles. The van der Waals surface area contributed by atoms with Crippen LogP contribution in [0, 0.1) is 0 Å². The smallest absolute Gasteiger partial charge is 0.275 e. The van der Waals surface area contributed by atoms with Crippen LogP contribution in [0.1, 0.15) is 48.1 Å². The lowest BCUT2D eigenvalue weighted by molar-refractivity contribution is -0.146. The van der Waals surface area contributed by atoms with Crippen LogP contribution in [-0.2, 0) is 9.53 Å². The molecule has 2 aromatic carbocycles. The van der Waals surface area contributed by atoms with Gasteiger partial charge in [0.25, 0.3) is 11.8 Å². The van der Waals surface area contributed by atoms with Crippen molar-refractivity contribution in [3.8, 4) is 5.75 Å². The third-order valence-corrected chi connectivity index (χ3v) is 8.43. The number of carbonyl (C=O) groups is 2. The zero-order chi connectivity index (χ0) is 27.4. The summed E-state index contributed by atoms with van der Waals surface area (Å²) in [6.07, 6.45) is 1.56. The molecule has 2 saturated heterocycles. The number of halogens is 1. The van der Waals surface area contributed by atoms with Crippen molar-refractivity contribution in [2.75, 3.05) is 49.6 Å². The average molecular weight is 569 g/mol. The minimum atomic E-state index is -1.04. The van der Waals surface area contributed by atoms with Crippen LogP contribution >= 0.6 is 22.9 Å². The lowest BCUT2D eigenvalue weighted by Crippen LogP contribution is -2.51. The molecule has 0 atom stereocenters. The van der Waals surface area contributed by atoms with Gasteiger partial charge < -0.3 is 24.6 Å². The molecule has 5 rings (SSSR count). The maximum Gasteiger partial charge on any atom is 0.275 e. The standard InChI is InChI=1S/C29H33ClN4O4S/c1-29(2,38-25-10-6-3-7-21(25)30)28(36)34-13-11-20(12-14-34)27-32-23(19-39-27)26(35)31-22-8-4-5-9-24(22)33-15-17-37-18-16-33/h3-10,19-20H,11-18H2,1-2H3,(H,31,35). The molecule has 3 heterocycles. The van der Waals surface area contributed by atoms with Gasteiger partial charge in [0.05, 0.1) is 34.6 Å². The van der Waals surface area contributed by atoms with Crippen molar-refractivity contribution < 1.29 is 19.1 Å². The average Bonchev–Trinajstić information content (AvgIpc) is 3.45. The molecule has 2 fully saturated rings. The number of aromatic nitrogens is 1. The number of anilines is 2. The summed E-state index contributed by atoms with van der Waals surface area (Å²) in [7, 11) is 0. The van der Waals surface area contributed by atoms with Crippen LogP contribution in [-0.4, -0.2) is 66.7 Å². The lowest BCUT2D eigenvalue weighted by atomic mass is 9.96. The molecule has 1 N–H and O–H groups in total. The van der Waals surface area contributed by atoms with Crippen molar-refractivity contribution >= 4 is 46.1 Å². The highest BCUT2D eigenvalue weighted by Gasteiger charge is 2.37. The molecule has 0 radical (unpaired) electrons. The van der Waals surface area contributed by atoms with Gasteiger partial charge in [-0.3, -0.25) is 9.59 Å². The van der Waals surface area contributed by atoms with Crippen LogP contribution in [0.3, 0.4) is 0 Å². The first-order valence-corrected chi connectivity index (χ1v) is 14.5. The summed E-state index contributed by atoms with van der Waals surface area (Å²) in [5.74, 6) is 0.408. The lowest BCUT2D eigenvalue weighted by Gasteiger charge is -2.36. The minimum absolute atomic E-state index is 0.0704. The summed E-state index contributed by atoms with van der Waals surface area (Å²) in [4.78, 5) is 35.1. The first-order valence-electron chi connectivity index (χ1n) is 13.2. The Morgan fingerprint density at radius 2 is 1.74 bits per heavy atom. The van der Waals surface area contributed by atoms with E-state index in [0.29, 0.717) is 42.8 Å². The number of para-hydroxylation sites is 3. The molecule has 39 heavy (non-hydrogen) atoms. The molecular weight excluding hydrogens is 536 g/mol. The maximum absolute atomic E-state index is 13.3. The van der Waals surface area contributed by atoms with E-state index >= 15 is 0 Å². The highest BCUT2D eigenvalue weighted by Crippen LogP contribution is 2.33. The quantitative estimate of drug-likeness (QED) is 0.408. The van der Waals surface area contributed by atoms with E-state index in [0.717, 1.165) is 42.3 Å². The van der Waals surface area contributed by atoms with Gasteiger partial charge in [-0.15, -0.1) is 11.3 Å². The molecule has 3 aromatic rings. The van der Waals surface area contributed by atoms with Gasteiger partial charge in [-0.1, -0.05) is 35.9 Å². The van der Waals surface area contributed by atoms with Crippen LogP contribution in [0.25, 0.3) is 0 Å². The number of rotatable bonds is 7. The number of amides is 2. The largest absolute Gasteiger partial charge is 0.476 e. The minimum Gasteiger partial charge on any atom is -0.476 e. The first-order chi connectivity index (χ1) is 18.8. The van der Waals surface area contributed by atoms with Crippen molar-refractivity contribution in [1.82, 2.24) is 9.88 Å². The number of benzene rings is 2. The topological polar surface area (TPSA) is 84.0 Å². The normalized spacial score (nSPS) is 16.7. The fourth-order valence-corrected chi connectivity index (χ4v) is 6.13. The first kappa shape index (κ1) is 27.4. The van der Waals surface area contributed by atoms with Crippen LogP contribution in [0.5, 0.6) is 5.75 Å². The number of thiazole rings is 1. The monoisotopic (exact) mass is 568 g/mol. The SMILES string of the molecule is CC(C)(Oc1ccccc1Cl)C(=O)N1CCC(c2nc(C(=O)Nc3ccccc3N3CCOCC3)cs2)CC1. The summed E-state index contributed by atoms with van der Waals surface area (Å²) in [5.41, 5.74) is 1.14. The van der Waals surface area contributed by atoms with Crippen molar-refractivity contribution in [2.45, 2.75) is 38.2 Å². The van der Waals surface area contributed by atoms with E-state index in [-0.39, 0.29) is 17.7 Å². The van der Waals surface area contributed by atoms with Crippen molar-refractivity contribution in [1.29, 1.82) is 0 Å². The highest BCUT2D eigenvalue weighted by atomic mass is 35.5. The molecule has 2 amide bonds. The van der Waals surface area contributed by atoms with Crippen LogP contribution < -0.4 is 15.0 Å². The van der Waals surface area contributed by atoms with Gasteiger partial charge in [0.15, 0.2) is 5.60 Å². The third-order valence-electron chi connectivity index (χ3n) is 7.11. The highest BCUT2D eigenvalue weighted by molar-refractivity contribution is 7.10. The van der Waals surface area contributed by atoms with Crippen molar-refractivity contribution in [3.63, 3.8) is 0 Å². The van der Waals surface area contributed by atoms with Gasteiger partial charge in [-0.05, 0) is 51.0 Å². The zero-order valence-corrected chi connectivity index (χ0v) is 23.8. The third kappa shape index (κ3) is 6.37. The molecule has 2 aliphatic heterocycles. The van der Waals surface area contributed by atoms with Gasteiger partial charge in [0.1, 0.15) is 11.4 Å². The van der Waals surface area contributed by atoms with Crippen LogP contribution in [0.15, 0.2) is 53.9 Å². The van der Waals surface area contributed by atoms with E-state index in [2.05, 4.69) is 15.2 Å². The number of carbonyl (C=O) groups excluding carboxylic acids is 2. The van der Waals surface area contributed by atoms with Gasteiger partial charge in [0, 0.05) is 37.5 Å². The second kappa shape index (κ2) is 11.9. The van der Waals surface area contributed by atoms with E-state index < -0.39 is 5.60 Å². The zero-order valence-electron chi connectivity index (χ0n) is 22.2. The van der Waals surface area contributed by atoms with E-state index in [1.165, 1.54) is 11.3 Å². The Bertz CT molecular complexity index is 1320. The van der Waals surface area contributed by atoms with Gasteiger partial charge in [-0.25, -0.2) is 4.98 Å². The fraction of sp³-hybridized carbons (Fsp3) is 0.414. The van der Waals surface area contributed by atoms with Crippen LogP contribution in [0.4, 0.5) is 11.4 Å². The molecule has 1 aromatic heterocycles. The van der Waals surface area contributed by atoms with E-state index in [1.54, 1.807) is 26.0 Å². The van der Waals surface area contributed by atoms with Gasteiger partial charge >= 0.3 is 0 Å². The Kier molecular flexibility index (Phi) is 8.40. The van der Waals surface area contributed by atoms with Crippen molar-refractivity contribution in [2.24, 2.45) is 0 Å². The van der Waals surface area contributed by atoms with E-state index in [9.17, 15) is 9.59 Å². The van der Waals surface area contributed by atoms with Gasteiger partial charge in [0.2, 0.25) is 0 Å². The molecule has 2 aliphatic rings. The predicted molar refractivity (Wildman–Crippen MR) is 154 cm³/mol. The van der Waals surface area contributed by atoms with Crippen LogP contribution in [0.2, 0.25) is 5.02 Å². The Morgan fingerprint density at radius 3 is 2.49 bits per heavy atom. The summed E-state index contributed by atoms with van der Waals surface area (Å²) >= 11 is 7.73. The maximum atomic E-state index is 13.3. The summed E-state index contributed by atoms with van der Waals surface area (Å²) in [6, 6.07) is 15.0. The molecule has 10 heteroatoms. The Hall–Kier alpha value is -3.14. The number of hydrogen-bond acceptors (Lipinski definition) is 7. The number of hydrogen-bond donors (Lipinski definition) is 1. The second-order valence-corrected chi connectivity index (χ2v) is 11.5. The fourth-order valence-electron chi connectivity index (χ4n) is 4.98.